The highest BCUT2D eigenvalue weighted by atomic mass is 32.1. The van der Waals surface area contributed by atoms with Crippen molar-refractivity contribution >= 4 is 29.6 Å². The maximum Gasteiger partial charge on any atom is 0.279 e. The second-order valence-electron chi connectivity index (χ2n) is 6.88. The van der Waals surface area contributed by atoms with Gasteiger partial charge in [-0.25, -0.2) is 9.98 Å². The molecule has 0 spiro atoms. The zero-order valence-electron chi connectivity index (χ0n) is 18.1. The van der Waals surface area contributed by atoms with E-state index in [4.69, 9.17) is 9.57 Å². The minimum absolute atomic E-state index is 0.0877. The van der Waals surface area contributed by atoms with Crippen LogP contribution in [0.4, 0.5) is 5.69 Å². The first-order valence-corrected chi connectivity index (χ1v) is 10.4. The average molecular weight is 415 g/mol. The molecule has 1 atom stereocenters. The Bertz CT molecular complexity index is 889. The summed E-state index contributed by atoms with van der Waals surface area (Å²) in [5.74, 6) is 0.881. The summed E-state index contributed by atoms with van der Waals surface area (Å²) in [6.07, 6.45) is 5.28. The fourth-order valence-corrected chi connectivity index (χ4v) is 3.45. The molecule has 0 aliphatic carbocycles. The molecule has 0 bridgehead atoms. The third kappa shape index (κ3) is 6.42. The van der Waals surface area contributed by atoms with Gasteiger partial charge in [-0.1, -0.05) is 36.1 Å². The van der Waals surface area contributed by atoms with E-state index in [1.54, 1.807) is 12.3 Å². The van der Waals surface area contributed by atoms with Crippen LogP contribution in [0.1, 0.15) is 41.5 Å². The molecular formula is C22H30N4O2S. The summed E-state index contributed by atoms with van der Waals surface area (Å²) in [4.78, 5) is 17.4. The standard InChI is InChI=1S/C22H30N4O2S/c1-8-10-27-24-13-17(5)21-18(6)25-22(29-21)28-20-12-15(3)19(11-16(20)4)23-14-26(7)9-2/h8,11-14,17H,1,9-10H2,2-7H3/b23-14?,24-13-. The number of rotatable bonds is 10. The Hall–Kier alpha value is -2.67. The van der Waals surface area contributed by atoms with Crippen LogP contribution >= 0.6 is 11.3 Å². The molecule has 0 amide bonds. The fourth-order valence-electron chi connectivity index (χ4n) is 2.51. The molecule has 2 aromatic rings. The van der Waals surface area contributed by atoms with E-state index in [0.29, 0.717) is 11.8 Å². The Balaban J connectivity index is 2.16. The Morgan fingerprint density at radius 3 is 2.72 bits per heavy atom. The van der Waals surface area contributed by atoms with Gasteiger partial charge in [-0.05, 0) is 51.0 Å². The predicted molar refractivity (Wildman–Crippen MR) is 122 cm³/mol. The number of hydrogen-bond donors (Lipinski definition) is 0. The second-order valence-corrected chi connectivity index (χ2v) is 7.87. The summed E-state index contributed by atoms with van der Waals surface area (Å²) in [5.41, 5.74) is 3.95. The molecular weight excluding hydrogens is 384 g/mol. The molecule has 29 heavy (non-hydrogen) atoms. The van der Waals surface area contributed by atoms with E-state index in [1.807, 2.05) is 51.2 Å². The molecule has 0 radical (unpaired) electrons. The van der Waals surface area contributed by atoms with E-state index >= 15 is 0 Å². The lowest BCUT2D eigenvalue weighted by atomic mass is 10.1. The van der Waals surface area contributed by atoms with Crippen molar-refractivity contribution in [1.82, 2.24) is 9.88 Å². The molecule has 7 heteroatoms. The van der Waals surface area contributed by atoms with Crippen molar-refractivity contribution in [2.24, 2.45) is 10.1 Å². The Morgan fingerprint density at radius 2 is 2.03 bits per heavy atom. The van der Waals surface area contributed by atoms with Crippen LogP contribution in [0.5, 0.6) is 10.9 Å². The first kappa shape index (κ1) is 22.6. The Morgan fingerprint density at radius 1 is 1.28 bits per heavy atom. The molecule has 0 aliphatic heterocycles. The Kier molecular flexibility index (Phi) is 8.39. The van der Waals surface area contributed by atoms with E-state index in [2.05, 4.69) is 35.6 Å². The van der Waals surface area contributed by atoms with E-state index in [1.165, 1.54) is 11.3 Å². The predicted octanol–water partition coefficient (Wildman–Crippen LogP) is 5.76. The van der Waals surface area contributed by atoms with Gasteiger partial charge in [0.25, 0.3) is 5.19 Å². The van der Waals surface area contributed by atoms with Crippen molar-refractivity contribution in [3.05, 3.63) is 46.5 Å². The molecule has 1 unspecified atom stereocenters. The molecule has 0 fully saturated rings. The molecule has 156 valence electrons. The summed E-state index contributed by atoms with van der Waals surface area (Å²) in [6, 6.07) is 4.05. The van der Waals surface area contributed by atoms with Gasteiger partial charge in [0.15, 0.2) is 0 Å². The minimum Gasteiger partial charge on any atom is -0.431 e. The number of ether oxygens (including phenoxy) is 1. The summed E-state index contributed by atoms with van der Waals surface area (Å²) in [7, 11) is 2.00. The molecule has 6 nitrogen and oxygen atoms in total. The van der Waals surface area contributed by atoms with Crippen molar-refractivity contribution in [3.63, 3.8) is 0 Å². The smallest absolute Gasteiger partial charge is 0.279 e. The number of thiazole rings is 1. The third-order valence-corrected chi connectivity index (χ3v) is 5.60. The topological polar surface area (TPSA) is 59.3 Å². The summed E-state index contributed by atoms with van der Waals surface area (Å²) < 4.78 is 6.10. The van der Waals surface area contributed by atoms with Crippen LogP contribution in [0.15, 0.2) is 34.9 Å². The van der Waals surface area contributed by atoms with Gasteiger partial charge >= 0.3 is 0 Å². The Labute approximate surface area is 177 Å². The quantitative estimate of drug-likeness (QED) is 0.163. The number of aryl methyl sites for hydroxylation is 3. The first-order chi connectivity index (χ1) is 13.8. The van der Waals surface area contributed by atoms with E-state index < -0.39 is 0 Å². The van der Waals surface area contributed by atoms with Crippen LogP contribution in [0.2, 0.25) is 0 Å². The van der Waals surface area contributed by atoms with Crippen molar-refractivity contribution < 1.29 is 9.57 Å². The first-order valence-electron chi connectivity index (χ1n) is 9.62. The van der Waals surface area contributed by atoms with Crippen molar-refractivity contribution in [2.75, 3.05) is 20.2 Å². The zero-order valence-corrected chi connectivity index (χ0v) is 18.9. The van der Waals surface area contributed by atoms with Gasteiger partial charge in [-0.15, -0.1) is 0 Å². The lowest BCUT2D eigenvalue weighted by Gasteiger charge is -2.11. The largest absolute Gasteiger partial charge is 0.431 e. The molecule has 0 saturated heterocycles. The number of hydrogen-bond acceptors (Lipinski definition) is 6. The van der Waals surface area contributed by atoms with E-state index in [-0.39, 0.29) is 5.92 Å². The normalized spacial score (nSPS) is 12.5. The zero-order chi connectivity index (χ0) is 21.4. The van der Waals surface area contributed by atoms with Gasteiger partial charge in [0.1, 0.15) is 12.4 Å². The van der Waals surface area contributed by atoms with Gasteiger partial charge in [0, 0.05) is 24.4 Å². The van der Waals surface area contributed by atoms with Crippen LogP contribution in [0, 0.1) is 20.8 Å². The summed E-state index contributed by atoms with van der Waals surface area (Å²) >= 11 is 1.53. The van der Waals surface area contributed by atoms with E-state index in [0.717, 1.165) is 39.7 Å². The van der Waals surface area contributed by atoms with Gasteiger partial charge in [-0.2, -0.15) is 0 Å². The van der Waals surface area contributed by atoms with E-state index in [9.17, 15) is 0 Å². The third-order valence-electron chi connectivity index (χ3n) is 4.36. The maximum absolute atomic E-state index is 6.10. The maximum atomic E-state index is 6.10. The molecule has 2 rings (SSSR count). The second kappa shape index (κ2) is 10.8. The fraction of sp³-hybridized carbons (Fsp3) is 0.409. The van der Waals surface area contributed by atoms with Gasteiger partial charge < -0.3 is 14.5 Å². The molecule has 0 aliphatic rings. The summed E-state index contributed by atoms with van der Waals surface area (Å²) in [6.45, 7) is 15.1. The van der Waals surface area contributed by atoms with Crippen LogP contribution in [-0.4, -0.2) is 42.6 Å². The number of aromatic nitrogens is 1. The number of benzene rings is 1. The lowest BCUT2D eigenvalue weighted by Crippen LogP contribution is -2.14. The highest BCUT2D eigenvalue weighted by Gasteiger charge is 2.16. The number of nitrogens with zero attached hydrogens (tertiary/aromatic N) is 4. The van der Waals surface area contributed by atoms with Crippen molar-refractivity contribution in [1.29, 1.82) is 0 Å². The number of oxime groups is 1. The van der Waals surface area contributed by atoms with Gasteiger partial charge in [-0.3, -0.25) is 0 Å². The molecule has 1 heterocycles. The summed E-state index contributed by atoms with van der Waals surface area (Å²) in [5, 5.41) is 4.59. The van der Waals surface area contributed by atoms with Crippen LogP contribution < -0.4 is 4.74 Å². The highest BCUT2D eigenvalue weighted by molar-refractivity contribution is 7.13. The lowest BCUT2D eigenvalue weighted by molar-refractivity contribution is 0.175. The molecule has 0 N–H and O–H groups in total. The monoisotopic (exact) mass is 414 g/mol. The van der Waals surface area contributed by atoms with Gasteiger partial charge in [0.2, 0.25) is 0 Å². The van der Waals surface area contributed by atoms with Crippen LogP contribution in [0.3, 0.4) is 0 Å². The van der Waals surface area contributed by atoms with Crippen LogP contribution in [-0.2, 0) is 4.84 Å². The molecule has 1 aromatic carbocycles. The van der Waals surface area contributed by atoms with Gasteiger partial charge in [0.05, 0.1) is 23.9 Å². The number of aliphatic imine (C=N–C) groups is 1. The molecule has 1 aromatic heterocycles. The van der Waals surface area contributed by atoms with Crippen molar-refractivity contribution in [3.8, 4) is 10.9 Å². The molecule has 0 saturated carbocycles. The highest BCUT2D eigenvalue weighted by Crippen LogP contribution is 2.36. The SMILES string of the molecule is C=CCO/N=C\C(C)c1sc(Oc2cc(C)c(N=CN(C)CC)cc2C)nc1C. The minimum atomic E-state index is 0.0877. The average Bonchev–Trinajstić information content (AvgIpc) is 3.06. The van der Waals surface area contributed by atoms with Crippen LogP contribution in [0.25, 0.3) is 0 Å². The van der Waals surface area contributed by atoms with Crippen molar-refractivity contribution in [2.45, 2.75) is 40.5 Å².